The quantitative estimate of drug-likeness (QED) is 0.761. The molecule has 0 aromatic heterocycles. The van der Waals surface area contributed by atoms with Crippen molar-refractivity contribution in [3.05, 3.63) is 0 Å². The van der Waals surface area contributed by atoms with Gasteiger partial charge >= 0.3 is 5.97 Å². The summed E-state index contributed by atoms with van der Waals surface area (Å²) in [7, 11) is 0. The fourth-order valence-electron chi connectivity index (χ4n) is 7.27. The first-order chi connectivity index (χ1) is 11.2. The highest BCUT2D eigenvalue weighted by Gasteiger charge is 2.72. The molecule has 2 N–H and O–H groups in total. The summed E-state index contributed by atoms with van der Waals surface area (Å²) in [5.74, 6) is 0.279. The third-order valence-corrected chi connectivity index (χ3v) is 8.61. The lowest BCUT2D eigenvalue weighted by molar-refractivity contribution is -0.243. The van der Waals surface area contributed by atoms with Gasteiger partial charge in [-0.2, -0.15) is 0 Å². The average Bonchev–Trinajstić information content (AvgIpc) is 2.75. The number of aliphatic hydroxyl groups excluding tert-OH is 1. The first kappa shape index (κ1) is 16.8. The van der Waals surface area contributed by atoms with Crippen LogP contribution in [0.25, 0.3) is 0 Å². The van der Waals surface area contributed by atoms with E-state index in [1.165, 1.54) is 0 Å². The van der Waals surface area contributed by atoms with Gasteiger partial charge in [-0.05, 0) is 63.2 Å². The second-order valence-electron chi connectivity index (χ2n) is 9.96. The summed E-state index contributed by atoms with van der Waals surface area (Å²) < 4.78 is 5.87. The van der Waals surface area contributed by atoms with Crippen molar-refractivity contribution in [1.82, 2.24) is 0 Å². The molecule has 0 aromatic carbocycles. The van der Waals surface area contributed by atoms with Crippen molar-refractivity contribution < 1.29 is 19.7 Å². The van der Waals surface area contributed by atoms with Gasteiger partial charge in [0.15, 0.2) is 0 Å². The molecule has 1 heterocycles. The zero-order chi connectivity index (χ0) is 17.4. The van der Waals surface area contributed by atoms with Gasteiger partial charge in [0.25, 0.3) is 0 Å². The minimum Gasteiger partial charge on any atom is -0.462 e. The van der Waals surface area contributed by atoms with E-state index in [1.807, 2.05) is 0 Å². The number of aliphatic hydroxyl groups is 2. The van der Waals surface area contributed by atoms with Gasteiger partial charge in [0.1, 0.15) is 6.10 Å². The van der Waals surface area contributed by atoms with Crippen molar-refractivity contribution in [2.45, 2.75) is 83.8 Å². The van der Waals surface area contributed by atoms with Gasteiger partial charge in [0.2, 0.25) is 0 Å². The van der Waals surface area contributed by atoms with Crippen molar-refractivity contribution in [2.24, 2.45) is 28.1 Å². The number of fused-ring (bicyclic) bond motifs is 2. The van der Waals surface area contributed by atoms with Crippen LogP contribution in [0, 0.1) is 28.1 Å². The highest BCUT2D eigenvalue weighted by Crippen LogP contribution is 2.69. The van der Waals surface area contributed by atoms with Crippen molar-refractivity contribution >= 4 is 5.97 Å². The van der Waals surface area contributed by atoms with Crippen molar-refractivity contribution in [2.75, 3.05) is 6.61 Å². The monoisotopic (exact) mass is 336 g/mol. The third-order valence-electron chi connectivity index (χ3n) is 8.61. The molecule has 0 amide bonds. The number of carbonyl (C=O) groups is 1. The predicted octanol–water partition coefficient (Wildman–Crippen LogP) is 3.05. The Balaban J connectivity index is 1.73. The average molecular weight is 336 g/mol. The third kappa shape index (κ3) is 1.90. The Bertz CT molecular complexity index is 562. The van der Waals surface area contributed by atoms with E-state index in [4.69, 9.17) is 4.74 Å². The van der Waals surface area contributed by atoms with E-state index in [0.29, 0.717) is 0 Å². The summed E-state index contributed by atoms with van der Waals surface area (Å²) in [4.78, 5) is 12.6. The van der Waals surface area contributed by atoms with E-state index >= 15 is 0 Å². The molecule has 24 heavy (non-hydrogen) atoms. The number of hydrogen-bond acceptors (Lipinski definition) is 4. The lowest BCUT2D eigenvalue weighted by Crippen LogP contribution is -2.67. The van der Waals surface area contributed by atoms with Crippen LogP contribution < -0.4 is 0 Å². The molecule has 7 atom stereocenters. The van der Waals surface area contributed by atoms with E-state index in [0.717, 1.165) is 51.4 Å². The molecule has 136 valence electrons. The van der Waals surface area contributed by atoms with Crippen LogP contribution in [0.3, 0.4) is 0 Å². The Morgan fingerprint density at radius 3 is 2.62 bits per heavy atom. The SMILES string of the molecule is C[C@]1(CCO)CC[C@@]2(O)[C@@H](C[C@H]3OC(=O)[C@@]4(C)CCC[C@@]2(C)[C@@H]34)C1. The molecule has 4 heteroatoms. The molecular weight excluding hydrogens is 304 g/mol. The number of ether oxygens (including phenoxy) is 1. The fourth-order valence-corrected chi connectivity index (χ4v) is 7.27. The second kappa shape index (κ2) is 4.97. The maximum absolute atomic E-state index is 12.6. The molecule has 4 nitrogen and oxygen atoms in total. The zero-order valence-electron chi connectivity index (χ0n) is 15.3. The molecule has 4 fully saturated rings. The molecule has 3 aliphatic carbocycles. The summed E-state index contributed by atoms with van der Waals surface area (Å²) in [6.45, 7) is 6.74. The fraction of sp³-hybridized carbons (Fsp3) is 0.950. The predicted molar refractivity (Wildman–Crippen MR) is 90.2 cm³/mol. The summed E-state index contributed by atoms with van der Waals surface area (Å²) in [5, 5.41) is 21.3. The van der Waals surface area contributed by atoms with Crippen LogP contribution in [0.5, 0.6) is 0 Å². The summed E-state index contributed by atoms with van der Waals surface area (Å²) in [5.41, 5.74) is -1.25. The van der Waals surface area contributed by atoms with Crippen molar-refractivity contribution in [1.29, 1.82) is 0 Å². The number of hydrogen-bond donors (Lipinski definition) is 2. The summed E-state index contributed by atoms with van der Waals surface area (Å²) in [6, 6.07) is 0. The molecule has 1 saturated heterocycles. The molecule has 0 radical (unpaired) electrons. The molecule has 0 bridgehead atoms. The van der Waals surface area contributed by atoms with Gasteiger partial charge < -0.3 is 14.9 Å². The van der Waals surface area contributed by atoms with E-state index in [1.54, 1.807) is 0 Å². The topological polar surface area (TPSA) is 66.8 Å². The molecule has 0 aromatic rings. The summed E-state index contributed by atoms with van der Waals surface area (Å²) >= 11 is 0. The van der Waals surface area contributed by atoms with Crippen molar-refractivity contribution in [3.8, 4) is 0 Å². The van der Waals surface area contributed by atoms with Gasteiger partial charge in [0, 0.05) is 17.9 Å². The Kier molecular flexibility index (Phi) is 3.49. The van der Waals surface area contributed by atoms with Crippen LogP contribution in [0.4, 0.5) is 0 Å². The lowest BCUT2D eigenvalue weighted by Gasteiger charge is -2.64. The van der Waals surface area contributed by atoms with Gasteiger partial charge in [-0.15, -0.1) is 0 Å². The van der Waals surface area contributed by atoms with Gasteiger partial charge in [-0.3, -0.25) is 4.79 Å². The Morgan fingerprint density at radius 1 is 1.17 bits per heavy atom. The Morgan fingerprint density at radius 2 is 1.92 bits per heavy atom. The minimum absolute atomic E-state index is 0.0328. The highest BCUT2D eigenvalue weighted by molar-refractivity contribution is 5.80. The Hall–Kier alpha value is -0.610. The van der Waals surface area contributed by atoms with E-state index in [9.17, 15) is 15.0 Å². The smallest absolute Gasteiger partial charge is 0.312 e. The van der Waals surface area contributed by atoms with Crippen LogP contribution in [-0.4, -0.2) is 34.5 Å². The van der Waals surface area contributed by atoms with Crippen LogP contribution >= 0.6 is 0 Å². The van der Waals surface area contributed by atoms with Crippen molar-refractivity contribution in [3.63, 3.8) is 0 Å². The first-order valence-electron chi connectivity index (χ1n) is 9.73. The standard InChI is InChI=1S/C20H32O4/c1-17(9-10-21)7-8-20(23)13(12-17)11-14-15-18(2,16(22)24-14)5-4-6-19(15,20)3/h13-15,21,23H,4-12H2,1-3H3/t13-,14+,15-,17+,18-,19-,20+/m0/s1. The number of esters is 1. The largest absolute Gasteiger partial charge is 0.462 e. The van der Waals surface area contributed by atoms with Gasteiger partial charge in [0.05, 0.1) is 11.0 Å². The molecule has 4 rings (SSSR count). The Labute approximate surface area is 145 Å². The zero-order valence-corrected chi connectivity index (χ0v) is 15.3. The molecular formula is C20H32O4. The number of carbonyl (C=O) groups excluding carboxylic acids is 1. The van der Waals surface area contributed by atoms with Crippen LogP contribution in [0.1, 0.15) is 72.1 Å². The molecule has 4 aliphatic rings. The molecule has 3 saturated carbocycles. The first-order valence-corrected chi connectivity index (χ1v) is 9.73. The van der Waals surface area contributed by atoms with Gasteiger partial charge in [-0.1, -0.05) is 20.3 Å². The van der Waals surface area contributed by atoms with E-state index in [2.05, 4.69) is 20.8 Å². The number of rotatable bonds is 2. The van der Waals surface area contributed by atoms with Crippen LogP contribution in [0.2, 0.25) is 0 Å². The van der Waals surface area contributed by atoms with Crippen LogP contribution in [0.15, 0.2) is 0 Å². The maximum atomic E-state index is 12.6. The second-order valence-corrected chi connectivity index (χ2v) is 9.96. The summed E-state index contributed by atoms with van der Waals surface area (Å²) in [6.07, 6.45) is 7.11. The molecule has 0 unspecified atom stereocenters. The highest BCUT2D eigenvalue weighted by atomic mass is 16.6. The molecule has 1 aliphatic heterocycles. The van der Waals surface area contributed by atoms with Gasteiger partial charge in [-0.25, -0.2) is 0 Å². The minimum atomic E-state index is -0.696. The van der Waals surface area contributed by atoms with E-state index in [-0.39, 0.29) is 41.3 Å². The lowest BCUT2D eigenvalue weighted by atomic mass is 9.41. The van der Waals surface area contributed by atoms with Crippen LogP contribution in [-0.2, 0) is 9.53 Å². The maximum Gasteiger partial charge on any atom is 0.312 e. The molecule has 0 spiro atoms. The van der Waals surface area contributed by atoms with E-state index < -0.39 is 11.0 Å². The normalized spacial score (nSPS) is 56.4.